The van der Waals surface area contributed by atoms with E-state index in [4.69, 9.17) is 17.0 Å². The molecule has 1 aromatic rings. The third kappa shape index (κ3) is 5.96. The van der Waals surface area contributed by atoms with E-state index in [2.05, 4.69) is 17.6 Å². The second-order valence-corrected chi connectivity index (χ2v) is 8.80. The van der Waals surface area contributed by atoms with Crippen LogP contribution in [0.3, 0.4) is 0 Å². The molecule has 0 atom stereocenters. The van der Waals surface area contributed by atoms with Crippen LogP contribution in [0.4, 0.5) is 10.5 Å². The van der Waals surface area contributed by atoms with Crippen LogP contribution in [-0.4, -0.2) is 36.0 Å². The maximum absolute atomic E-state index is 12.7. The number of nitrogens with one attached hydrogen (secondary N) is 2. The number of benzene rings is 1. The van der Waals surface area contributed by atoms with Gasteiger partial charge in [-0.2, -0.15) is 0 Å². The molecule has 0 spiro atoms. The fourth-order valence-corrected chi connectivity index (χ4v) is 4.35. The van der Waals surface area contributed by atoms with Crippen molar-refractivity contribution < 1.29 is 14.3 Å². The van der Waals surface area contributed by atoms with Crippen molar-refractivity contribution in [3.8, 4) is 5.75 Å². The quantitative estimate of drug-likeness (QED) is 0.360. The van der Waals surface area contributed by atoms with Gasteiger partial charge in [0.25, 0.3) is 5.91 Å². The first-order chi connectivity index (χ1) is 14.1. The Morgan fingerprint density at radius 1 is 1.31 bits per heavy atom. The summed E-state index contributed by atoms with van der Waals surface area (Å²) in [5.41, 5.74) is 1.54. The Morgan fingerprint density at radius 2 is 2.10 bits per heavy atom. The fourth-order valence-electron chi connectivity index (χ4n) is 3.30. The van der Waals surface area contributed by atoms with E-state index in [0.717, 1.165) is 24.1 Å². The van der Waals surface area contributed by atoms with E-state index in [9.17, 15) is 9.59 Å². The summed E-state index contributed by atoms with van der Waals surface area (Å²) >= 11 is 6.27. The van der Waals surface area contributed by atoms with Gasteiger partial charge in [-0.3, -0.25) is 9.69 Å². The van der Waals surface area contributed by atoms with Crippen molar-refractivity contribution >= 4 is 52.0 Å². The second kappa shape index (κ2) is 10.6. The number of unbranched alkanes of at least 4 members (excludes halogenated alkanes) is 5. The number of ether oxygens (including phenoxy) is 1. The van der Waals surface area contributed by atoms with E-state index < -0.39 is 0 Å². The first kappa shape index (κ1) is 21.6. The van der Waals surface area contributed by atoms with Gasteiger partial charge in [-0.05, 0) is 30.2 Å². The summed E-state index contributed by atoms with van der Waals surface area (Å²) in [7, 11) is 0. The van der Waals surface area contributed by atoms with Gasteiger partial charge in [0.2, 0.25) is 0 Å². The van der Waals surface area contributed by atoms with Gasteiger partial charge in [-0.15, -0.1) is 0 Å². The van der Waals surface area contributed by atoms with E-state index in [1.807, 2.05) is 18.2 Å². The number of rotatable bonds is 8. The molecule has 1 aromatic carbocycles. The molecule has 8 heteroatoms. The molecule has 0 unspecified atom stereocenters. The highest BCUT2D eigenvalue weighted by atomic mass is 32.2. The predicted molar refractivity (Wildman–Crippen MR) is 122 cm³/mol. The van der Waals surface area contributed by atoms with E-state index in [0.29, 0.717) is 34.7 Å². The van der Waals surface area contributed by atoms with Crippen LogP contribution in [-0.2, 0) is 4.79 Å². The van der Waals surface area contributed by atoms with E-state index in [-0.39, 0.29) is 11.9 Å². The number of thiocarbonyl (C=S) groups is 1. The van der Waals surface area contributed by atoms with Crippen molar-refractivity contribution in [1.82, 2.24) is 10.6 Å². The lowest BCUT2D eigenvalue weighted by Gasteiger charge is -2.30. The fraction of sp³-hybridized carbons (Fsp3) is 0.476. The van der Waals surface area contributed by atoms with Crippen molar-refractivity contribution in [2.75, 3.05) is 24.6 Å². The van der Waals surface area contributed by atoms with Crippen LogP contribution in [0.15, 0.2) is 23.1 Å². The first-order valence-corrected chi connectivity index (χ1v) is 11.4. The van der Waals surface area contributed by atoms with Crippen LogP contribution < -0.4 is 20.3 Å². The molecule has 0 saturated carbocycles. The molecule has 0 aliphatic carbocycles. The largest absolute Gasteiger partial charge is 0.490 e. The summed E-state index contributed by atoms with van der Waals surface area (Å²) in [5.74, 6) is 0.481. The average molecular weight is 434 g/mol. The molecule has 0 radical (unpaired) electrons. The van der Waals surface area contributed by atoms with Crippen LogP contribution in [0.2, 0.25) is 0 Å². The minimum Gasteiger partial charge on any atom is -0.490 e. The number of amides is 3. The Bertz CT molecular complexity index is 810. The molecular weight excluding hydrogens is 406 g/mol. The summed E-state index contributed by atoms with van der Waals surface area (Å²) in [5, 5.41) is 5.63. The molecule has 2 aliphatic heterocycles. The Morgan fingerprint density at radius 3 is 2.86 bits per heavy atom. The highest BCUT2D eigenvalue weighted by Crippen LogP contribution is 2.34. The number of hydrogen-bond acceptors (Lipinski definition) is 5. The number of urea groups is 1. The summed E-state index contributed by atoms with van der Waals surface area (Å²) in [6.45, 7) is 3.84. The van der Waals surface area contributed by atoms with Gasteiger partial charge in [-0.25, -0.2) is 4.79 Å². The first-order valence-electron chi connectivity index (χ1n) is 10.2. The molecule has 2 heterocycles. The third-order valence-electron chi connectivity index (χ3n) is 4.84. The SMILES string of the molecule is CCCCCCCCNC(=O)N1CCOc2ccc(C=C3SC(=S)NC3=O)cc21. The molecule has 3 amide bonds. The highest BCUT2D eigenvalue weighted by molar-refractivity contribution is 8.26. The van der Waals surface area contributed by atoms with Gasteiger partial charge in [-0.1, -0.05) is 69.1 Å². The molecule has 6 nitrogen and oxygen atoms in total. The zero-order valence-electron chi connectivity index (χ0n) is 16.7. The van der Waals surface area contributed by atoms with Crippen molar-refractivity contribution in [1.29, 1.82) is 0 Å². The average Bonchev–Trinajstić information content (AvgIpc) is 3.03. The van der Waals surface area contributed by atoms with Gasteiger partial charge in [0.05, 0.1) is 17.1 Å². The van der Waals surface area contributed by atoms with Crippen LogP contribution in [0.1, 0.15) is 51.0 Å². The topological polar surface area (TPSA) is 70.7 Å². The molecule has 1 fully saturated rings. The van der Waals surface area contributed by atoms with Crippen LogP contribution >= 0.6 is 24.0 Å². The van der Waals surface area contributed by atoms with E-state index >= 15 is 0 Å². The molecule has 156 valence electrons. The highest BCUT2D eigenvalue weighted by Gasteiger charge is 2.25. The Hall–Kier alpha value is -2.06. The standard InChI is InChI=1S/C21H27N3O3S2/c1-2-3-4-5-6-7-10-22-20(26)24-11-12-27-17-9-8-15(13-16(17)24)14-18-19(25)23-21(28)29-18/h8-9,13-14H,2-7,10-12H2,1H3,(H,22,26)(H,23,25,28). The Kier molecular flexibility index (Phi) is 7.94. The minimum absolute atomic E-state index is 0.109. The molecule has 1 saturated heterocycles. The van der Waals surface area contributed by atoms with Crippen LogP contribution in [0.5, 0.6) is 5.75 Å². The lowest BCUT2D eigenvalue weighted by Crippen LogP contribution is -2.44. The van der Waals surface area contributed by atoms with Gasteiger partial charge in [0.15, 0.2) is 0 Å². The zero-order chi connectivity index (χ0) is 20.6. The normalized spacial score (nSPS) is 17.1. The number of anilines is 1. The number of thioether (sulfide) groups is 1. The van der Waals surface area contributed by atoms with Crippen LogP contribution in [0.25, 0.3) is 6.08 Å². The third-order valence-corrected chi connectivity index (χ3v) is 6.00. The number of fused-ring (bicyclic) bond motifs is 1. The van der Waals surface area contributed by atoms with Gasteiger partial charge in [0.1, 0.15) is 16.7 Å². The van der Waals surface area contributed by atoms with Gasteiger partial charge < -0.3 is 15.4 Å². The Labute approximate surface area is 181 Å². The molecule has 3 rings (SSSR count). The smallest absolute Gasteiger partial charge is 0.322 e. The monoisotopic (exact) mass is 433 g/mol. The lowest BCUT2D eigenvalue weighted by molar-refractivity contribution is -0.115. The van der Waals surface area contributed by atoms with Gasteiger partial charge >= 0.3 is 6.03 Å². The minimum atomic E-state index is -0.192. The second-order valence-electron chi connectivity index (χ2n) is 7.08. The van der Waals surface area contributed by atoms with E-state index in [1.165, 1.54) is 37.4 Å². The number of hydrogen-bond donors (Lipinski definition) is 2. The summed E-state index contributed by atoms with van der Waals surface area (Å²) in [6.07, 6.45) is 8.91. The molecule has 0 bridgehead atoms. The van der Waals surface area contributed by atoms with Gasteiger partial charge in [0, 0.05) is 6.54 Å². The van der Waals surface area contributed by atoms with E-state index in [1.54, 1.807) is 11.0 Å². The van der Waals surface area contributed by atoms with Crippen molar-refractivity contribution in [2.24, 2.45) is 0 Å². The predicted octanol–water partition coefficient (Wildman–Crippen LogP) is 4.44. The maximum Gasteiger partial charge on any atom is 0.322 e. The van der Waals surface area contributed by atoms with Crippen molar-refractivity contribution in [2.45, 2.75) is 45.4 Å². The molecule has 0 aromatic heterocycles. The lowest BCUT2D eigenvalue weighted by atomic mass is 10.1. The van der Waals surface area contributed by atoms with Crippen molar-refractivity contribution in [3.05, 3.63) is 28.7 Å². The molecule has 2 N–H and O–H groups in total. The summed E-state index contributed by atoms with van der Waals surface area (Å²) in [4.78, 5) is 26.9. The number of carbonyl (C=O) groups is 2. The molecule has 29 heavy (non-hydrogen) atoms. The summed E-state index contributed by atoms with van der Waals surface area (Å²) in [6, 6.07) is 5.48. The maximum atomic E-state index is 12.7. The molecular formula is C21H27N3O3S2. The van der Waals surface area contributed by atoms with Crippen LogP contribution in [0, 0.1) is 0 Å². The number of nitrogens with zero attached hydrogens (tertiary/aromatic N) is 1. The Balaban J connectivity index is 1.61. The zero-order valence-corrected chi connectivity index (χ0v) is 18.3. The van der Waals surface area contributed by atoms with Crippen molar-refractivity contribution in [3.63, 3.8) is 0 Å². The molecule has 2 aliphatic rings. The number of carbonyl (C=O) groups excluding carboxylic acids is 2. The summed E-state index contributed by atoms with van der Waals surface area (Å²) < 4.78 is 6.16.